The first kappa shape index (κ1) is 17.8. The van der Waals surface area contributed by atoms with E-state index in [4.69, 9.17) is 0 Å². The highest BCUT2D eigenvalue weighted by Gasteiger charge is 2.31. The van der Waals surface area contributed by atoms with Crippen LogP contribution in [0.5, 0.6) is 0 Å². The molecule has 0 fully saturated rings. The van der Waals surface area contributed by atoms with Crippen LogP contribution >= 0.6 is 0 Å². The summed E-state index contributed by atoms with van der Waals surface area (Å²) in [6.45, 7) is 8.93. The van der Waals surface area contributed by atoms with Crippen molar-refractivity contribution in [2.24, 2.45) is 0 Å². The average Bonchev–Trinajstić information content (AvgIpc) is 2.96. The van der Waals surface area contributed by atoms with Crippen LogP contribution in [0.4, 0.5) is 0 Å². The van der Waals surface area contributed by atoms with Crippen LogP contribution in [0.2, 0.25) is 0 Å². The SMILES string of the molecule is CCCCN1CCc2c(n(Cc3ccccc3)c3c(C)cc(C)cc23)C1=O. The fourth-order valence-corrected chi connectivity index (χ4v) is 4.43. The Labute approximate surface area is 161 Å². The van der Waals surface area contributed by atoms with Gasteiger partial charge in [0.2, 0.25) is 0 Å². The number of fused-ring (bicyclic) bond motifs is 3. The fourth-order valence-electron chi connectivity index (χ4n) is 4.43. The molecular weight excluding hydrogens is 332 g/mol. The van der Waals surface area contributed by atoms with Crippen molar-refractivity contribution in [1.82, 2.24) is 9.47 Å². The second-order valence-corrected chi connectivity index (χ2v) is 7.77. The minimum atomic E-state index is 0.203. The molecule has 2 heterocycles. The Balaban J connectivity index is 1.89. The highest BCUT2D eigenvalue weighted by Crippen LogP contribution is 2.34. The normalized spacial score (nSPS) is 14.0. The minimum Gasteiger partial charge on any atom is -0.337 e. The molecule has 0 unspecified atom stereocenters. The largest absolute Gasteiger partial charge is 0.337 e. The number of unbranched alkanes of at least 4 members (excludes halogenated alkanes) is 1. The van der Waals surface area contributed by atoms with Crippen LogP contribution in [0.1, 0.15) is 52.5 Å². The molecule has 0 saturated carbocycles. The lowest BCUT2D eigenvalue weighted by Gasteiger charge is -2.28. The van der Waals surface area contributed by atoms with Crippen molar-refractivity contribution in [3.8, 4) is 0 Å². The number of rotatable bonds is 5. The molecule has 0 spiro atoms. The van der Waals surface area contributed by atoms with Crippen molar-refractivity contribution < 1.29 is 4.79 Å². The highest BCUT2D eigenvalue weighted by atomic mass is 16.2. The van der Waals surface area contributed by atoms with E-state index in [0.29, 0.717) is 0 Å². The van der Waals surface area contributed by atoms with E-state index in [0.717, 1.165) is 44.6 Å². The highest BCUT2D eigenvalue weighted by molar-refractivity contribution is 6.03. The third kappa shape index (κ3) is 3.16. The van der Waals surface area contributed by atoms with Gasteiger partial charge in [0.1, 0.15) is 5.69 Å². The topological polar surface area (TPSA) is 25.2 Å². The standard InChI is InChI=1S/C24H28N2O/c1-4-5-12-25-13-11-20-21-15-17(2)14-18(3)22(21)26(23(20)24(25)27)16-19-9-7-6-8-10-19/h6-10,14-15H,4-5,11-13,16H2,1-3H3. The van der Waals surface area contributed by atoms with E-state index in [1.807, 2.05) is 11.0 Å². The summed E-state index contributed by atoms with van der Waals surface area (Å²) in [4.78, 5) is 15.5. The molecule has 0 N–H and O–H groups in total. The number of hydrogen-bond donors (Lipinski definition) is 0. The average molecular weight is 361 g/mol. The van der Waals surface area contributed by atoms with Gasteiger partial charge in [-0.1, -0.05) is 55.3 Å². The van der Waals surface area contributed by atoms with Gasteiger partial charge in [0.05, 0.1) is 5.52 Å². The molecule has 3 nitrogen and oxygen atoms in total. The number of benzene rings is 2. The summed E-state index contributed by atoms with van der Waals surface area (Å²) in [5, 5.41) is 1.27. The molecule has 0 bridgehead atoms. The Morgan fingerprint density at radius 2 is 1.85 bits per heavy atom. The van der Waals surface area contributed by atoms with Crippen molar-refractivity contribution in [3.05, 3.63) is 70.4 Å². The molecule has 0 aliphatic carbocycles. The first-order chi connectivity index (χ1) is 13.1. The summed E-state index contributed by atoms with van der Waals surface area (Å²) in [5.41, 5.74) is 7.12. The molecule has 0 atom stereocenters. The Kier molecular flexibility index (Phi) is 4.77. The predicted molar refractivity (Wildman–Crippen MR) is 111 cm³/mol. The van der Waals surface area contributed by atoms with Gasteiger partial charge >= 0.3 is 0 Å². The molecule has 3 aromatic rings. The fraction of sp³-hybridized carbons (Fsp3) is 0.375. The molecule has 4 rings (SSSR count). The molecular formula is C24H28N2O. The van der Waals surface area contributed by atoms with Crippen LogP contribution in [-0.4, -0.2) is 28.5 Å². The maximum Gasteiger partial charge on any atom is 0.270 e. The van der Waals surface area contributed by atoms with Gasteiger partial charge in [-0.05, 0) is 49.4 Å². The van der Waals surface area contributed by atoms with Crippen LogP contribution in [-0.2, 0) is 13.0 Å². The Bertz CT molecular complexity index is 985. The molecule has 27 heavy (non-hydrogen) atoms. The molecule has 1 aliphatic rings. The summed E-state index contributed by atoms with van der Waals surface area (Å²) in [7, 11) is 0. The number of carbonyl (C=O) groups is 1. The Hall–Kier alpha value is -2.55. The summed E-state index contributed by atoms with van der Waals surface area (Å²) in [5.74, 6) is 0.203. The third-order valence-corrected chi connectivity index (χ3v) is 5.68. The summed E-state index contributed by atoms with van der Waals surface area (Å²) in [6.07, 6.45) is 3.13. The second kappa shape index (κ2) is 7.22. The van der Waals surface area contributed by atoms with Gasteiger partial charge in [-0.25, -0.2) is 0 Å². The number of hydrogen-bond acceptors (Lipinski definition) is 1. The van der Waals surface area contributed by atoms with Crippen molar-refractivity contribution in [2.75, 3.05) is 13.1 Å². The molecule has 0 saturated heterocycles. The predicted octanol–water partition coefficient (Wildman–Crippen LogP) is 5.10. The van der Waals surface area contributed by atoms with Gasteiger partial charge in [-0.2, -0.15) is 0 Å². The van der Waals surface area contributed by atoms with E-state index in [9.17, 15) is 4.79 Å². The lowest BCUT2D eigenvalue weighted by atomic mass is 10.00. The Morgan fingerprint density at radius 3 is 2.59 bits per heavy atom. The lowest BCUT2D eigenvalue weighted by Crippen LogP contribution is -2.39. The molecule has 3 heteroatoms. The second-order valence-electron chi connectivity index (χ2n) is 7.77. The zero-order valence-corrected chi connectivity index (χ0v) is 16.6. The third-order valence-electron chi connectivity index (χ3n) is 5.68. The van der Waals surface area contributed by atoms with Crippen molar-refractivity contribution in [2.45, 2.75) is 46.6 Å². The molecule has 2 aromatic carbocycles. The summed E-state index contributed by atoms with van der Waals surface area (Å²) >= 11 is 0. The molecule has 1 aromatic heterocycles. The first-order valence-corrected chi connectivity index (χ1v) is 10.1. The quantitative estimate of drug-likeness (QED) is 0.621. The smallest absolute Gasteiger partial charge is 0.270 e. The van der Waals surface area contributed by atoms with E-state index in [2.05, 4.69) is 61.7 Å². The lowest BCUT2D eigenvalue weighted by molar-refractivity contribution is 0.0727. The molecule has 1 amide bonds. The molecule has 1 aliphatic heterocycles. The summed E-state index contributed by atoms with van der Waals surface area (Å²) in [6, 6.07) is 15.0. The van der Waals surface area contributed by atoms with E-state index in [1.54, 1.807) is 0 Å². The summed E-state index contributed by atoms with van der Waals surface area (Å²) < 4.78 is 2.27. The number of aryl methyl sites for hydroxylation is 2. The maximum atomic E-state index is 13.4. The maximum absolute atomic E-state index is 13.4. The monoisotopic (exact) mass is 360 g/mol. The van der Waals surface area contributed by atoms with Gasteiger partial charge in [-0.3, -0.25) is 4.79 Å². The Morgan fingerprint density at radius 1 is 1.07 bits per heavy atom. The van der Waals surface area contributed by atoms with Crippen molar-refractivity contribution >= 4 is 16.8 Å². The van der Waals surface area contributed by atoms with Gasteiger partial charge in [-0.15, -0.1) is 0 Å². The first-order valence-electron chi connectivity index (χ1n) is 10.1. The van der Waals surface area contributed by atoms with Crippen molar-refractivity contribution in [3.63, 3.8) is 0 Å². The molecule has 140 valence electrons. The van der Waals surface area contributed by atoms with Gasteiger partial charge in [0.25, 0.3) is 5.91 Å². The van der Waals surface area contributed by atoms with Crippen LogP contribution in [0.25, 0.3) is 10.9 Å². The molecule has 0 radical (unpaired) electrons. The van der Waals surface area contributed by atoms with E-state index in [-0.39, 0.29) is 5.91 Å². The van der Waals surface area contributed by atoms with Gasteiger partial charge < -0.3 is 9.47 Å². The van der Waals surface area contributed by atoms with Gasteiger partial charge in [0.15, 0.2) is 0 Å². The zero-order chi connectivity index (χ0) is 19.0. The number of carbonyl (C=O) groups excluding carboxylic acids is 1. The number of amides is 1. The number of aromatic nitrogens is 1. The van der Waals surface area contributed by atoms with Crippen LogP contribution in [0.15, 0.2) is 42.5 Å². The van der Waals surface area contributed by atoms with Crippen LogP contribution in [0, 0.1) is 13.8 Å². The van der Waals surface area contributed by atoms with Crippen LogP contribution < -0.4 is 0 Å². The minimum absolute atomic E-state index is 0.203. The van der Waals surface area contributed by atoms with E-state index < -0.39 is 0 Å². The zero-order valence-electron chi connectivity index (χ0n) is 16.6. The van der Waals surface area contributed by atoms with Crippen molar-refractivity contribution in [1.29, 1.82) is 0 Å². The van der Waals surface area contributed by atoms with E-state index >= 15 is 0 Å². The number of nitrogens with zero attached hydrogens (tertiary/aromatic N) is 2. The van der Waals surface area contributed by atoms with E-state index in [1.165, 1.54) is 33.2 Å². The van der Waals surface area contributed by atoms with Gasteiger partial charge in [0, 0.05) is 25.0 Å². The van der Waals surface area contributed by atoms with Crippen LogP contribution in [0.3, 0.4) is 0 Å².